The number of pyridine rings is 1. The Morgan fingerprint density at radius 1 is 0.885 bits per heavy atom. The van der Waals surface area contributed by atoms with Gasteiger partial charge in [-0.25, -0.2) is 0 Å². The monoisotopic (exact) mass is 349 g/mol. The van der Waals surface area contributed by atoms with E-state index in [1.54, 1.807) is 18.2 Å². The number of carbonyl (C=O) groups is 1. The van der Waals surface area contributed by atoms with Crippen molar-refractivity contribution in [1.29, 1.82) is 0 Å². The van der Waals surface area contributed by atoms with Gasteiger partial charge in [-0.3, -0.25) is 9.78 Å². The minimum absolute atomic E-state index is 0.176. The topological polar surface area (TPSA) is 70.4 Å². The van der Waals surface area contributed by atoms with E-state index in [0.29, 0.717) is 12.8 Å². The number of aryl methyl sites for hydroxylation is 1. The molecule has 0 aliphatic heterocycles. The van der Waals surface area contributed by atoms with Gasteiger partial charge in [-0.15, -0.1) is 0 Å². The van der Waals surface area contributed by atoms with Gasteiger partial charge >= 0.3 is 5.97 Å². The molecule has 0 aliphatic rings. The zero-order valence-corrected chi connectivity index (χ0v) is 14.6. The van der Waals surface area contributed by atoms with Gasteiger partial charge in [0.1, 0.15) is 5.75 Å². The number of aliphatic carboxylic acids is 1. The fourth-order valence-electron chi connectivity index (χ4n) is 2.46. The lowest BCUT2D eigenvalue weighted by Crippen LogP contribution is -1.95. The number of phenolic OH excluding ortho intramolecular Hbond substituents is 1. The number of carboxylic acids is 1. The van der Waals surface area contributed by atoms with Gasteiger partial charge in [-0.1, -0.05) is 48.5 Å². The molecule has 4 nitrogen and oxygen atoms in total. The molecule has 26 heavy (non-hydrogen) atoms. The molecule has 0 aliphatic carbocycles. The molecule has 2 aromatic carbocycles. The van der Waals surface area contributed by atoms with Gasteiger partial charge in [0.05, 0.1) is 0 Å². The summed E-state index contributed by atoms with van der Waals surface area (Å²) < 4.78 is 0. The molecule has 3 rings (SSSR count). The van der Waals surface area contributed by atoms with E-state index >= 15 is 0 Å². The van der Waals surface area contributed by atoms with Crippen LogP contribution >= 0.6 is 0 Å². The van der Waals surface area contributed by atoms with Crippen LogP contribution in [0.1, 0.15) is 29.7 Å². The summed E-state index contributed by atoms with van der Waals surface area (Å²) in [4.78, 5) is 14.5. The van der Waals surface area contributed by atoms with E-state index in [1.807, 2.05) is 36.5 Å². The van der Waals surface area contributed by atoms with Crippen molar-refractivity contribution in [2.24, 2.45) is 0 Å². The summed E-state index contributed by atoms with van der Waals surface area (Å²) >= 11 is 0. The van der Waals surface area contributed by atoms with Crippen molar-refractivity contribution in [3.63, 3.8) is 0 Å². The molecule has 0 radical (unpaired) electrons. The van der Waals surface area contributed by atoms with E-state index in [2.05, 4.69) is 29.2 Å². The van der Waals surface area contributed by atoms with Gasteiger partial charge < -0.3 is 10.2 Å². The van der Waals surface area contributed by atoms with Crippen LogP contribution in [0.2, 0.25) is 0 Å². The third-order valence-electron chi connectivity index (χ3n) is 3.72. The molecule has 1 heterocycles. The van der Waals surface area contributed by atoms with Gasteiger partial charge in [0.15, 0.2) is 0 Å². The summed E-state index contributed by atoms with van der Waals surface area (Å²) in [7, 11) is 0. The molecular weight excluding hydrogens is 326 g/mol. The van der Waals surface area contributed by atoms with E-state index in [0.717, 1.165) is 17.7 Å². The second kappa shape index (κ2) is 10.7. The van der Waals surface area contributed by atoms with Gasteiger partial charge in [0, 0.05) is 24.7 Å². The highest BCUT2D eigenvalue weighted by molar-refractivity contribution is 5.66. The molecule has 0 saturated carbocycles. The molecule has 0 atom stereocenters. The number of aromatic nitrogens is 1. The van der Waals surface area contributed by atoms with E-state index in [9.17, 15) is 4.79 Å². The van der Waals surface area contributed by atoms with Gasteiger partial charge in [0.2, 0.25) is 0 Å². The van der Waals surface area contributed by atoms with Crippen molar-refractivity contribution in [1.82, 2.24) is 4.98 Å². The fraction of sp³-hybridized carbons (Fsp3) is 0.182. The van der Waals surface area contributed by atoms with Crippen molar-refractivity contribution in [3.8, 4) is 5.75 Å². The molecule has 0 unspecified atom stereocenters. The molecular formula is C22H23NO3. The Bertz CT molecular complexity index is 751. The molecule has 0 spiro atoms. The summed E-state index contributed by atoms with van der Waals surface area (Å²) in [6.45, 7) is 0. The molecule has 0 fully saturated rings. The maximum Gasteiger partial charge on any atom is 0.303 e. The minimum atomic E-state index is -0.778. The van der Waals surface area contributed by atoms with Crippen molar-refractivity contribution in [2.45, 2.75) is 25.7 Å². The van der Waals surface area contributed by atoms with Crippen LogP contribution in [0.4, 0.5) is 0 Å². The molecule has 0 saturated heterocycles. The largest absolute Gasteiger partial charge is 0.508 e. The maximum atomic E-state index is 10.2. The summed E-state index contributed by atoms with van der Waals surface area (Å²) in [6.07, 6.45) is 4.23. The number of nitrogens with zero attached hydrogens (tertiary/aromatic N) is 1. The Kier molecular flexibility index (Phi) is 7.87. The van der Waals surface area contributed by atoms with Crippen LogP contribution < -0.4 is 0 Å². The van der Waals surface area contributed by atoms with Crippen molar-refractivity contribution in [3.05, 3.63) is 95.8 Å². The smallest absolute Gasteiger partial charge is 0.303 e. The first kappa shape index (κ1) is 19.2. The Balaban J connectivity index is 0.000000187. The standard InChI is InChI=1S/C12H11N.C10H12O3/c1-2-6-11(7-3-1)10-12-8-4-5-9-13-12;11-9-5-1-3-8(7-9)4-2-6-10(12)13/h1-9H,10H2;1,3,5,7,11H,2,4,6H2,(H,12,13). The van der Waals surface area contributed by atoms with Gasteiger partial charge in [0.25, 0.3) is 0 Å². The van der Waals surface area contributed by atoms with Gasteiger partial charge in [-0.2, -0.15) is 0 Å². The Hall–Kier alpha value is -3.14. The average Bonchev–Trinajstić information content (AvgIpc) is 2.64. The summed E-state index contributed by atoms with van der Waals surface area (Å²) in [6, 6.07) is 23.3. The number of carboxylic acid groups (broad SMARTS) is 1. The van der Waals surface area contributed by atoms with Gasteiger partial charge in [-0.05, 0) is 48.2 Å². The summed E-state index contributed by atoms with van der Waals surface area (Å²) in [5, 5.41) is 17.5. The lowest BCUT2D eigenvalue weighted by atomic mass is 10.1. The Morgan fingerprint density at radius 2 is 1.62 bits per heavy atom. The van der Waals surface area contributed by atoms with Crippen molar-refractivity contribution in [2.75, 3.05) is 0 Å². The zero-order chi connectivity index (χ0) is 18.6. The first-order chi connectivity index (χ1) is 12.6. The van der Waals surface area contributed by atoms with Crippen LogP contribution in [0.3, 0.4) is 0 Å². The van der Waals surface area contributed by atoms with Crippen LogP contribution in [0.25, 0.3) is 0 Å². The molecule has 0 amide bonds. The first-order valence-corrected chi connectivity index (χ1v) is 8.57. The number of hydrogen-bond donors (Lipinski definition) is 2. The van der Waals surface area contributed by atoms with Crippen LogP contribution in [-0.4, -0.2) is 21.2 Å². The van der Waals surface area contributed by atoms with Crippen LogP contribution in [0, 0.1) is 0 Å². The number of aromatic hydroxyl groups is 1. The van der Waals surface area contributed by atoms with E-state index in [-0.39, 0.29) is 12.2 Å². The Labute approximate surface area is 153 Å². The third kappa shape index (κ3) is 7.62. The zero-order valence-electron chi connectivity index (χ0n) is 14.6. The average molecular weight is 349 g/mol. The summed E-state index contributed by atoms with van der Waals surface area (Å²) in [5.41, 5.74) is 3.40. The second-order valence-corrected chi connectivity index (χ2v) is 5.90. The van der Waals surface area contributed by atoms with Crippen LogP contribution in [-0.2, 0) is 17.6 Å². The fourth-order valence-corrected chi connectivity index (χ4v) is 2.46. The molecule has 0 bridgehead atoms. The minimum Gasteiger partial charge on any atom is -0.508 e. The third-order valence-corrected chi connectivity index (χ3v) is 3.72. The molecule has 2 N–H and O–H groups in total. The lowest BCUT2D eigenvalue weighted by molar-refractivity contribution is -0.137. The quantitative estimate of drug-likeness (QED) is 0.689. The molecule has 3 aromatic rings. The van der Waals surface area contributed by atoms with E-state index in [4.69, 9.17) is 10.2 Å². The molecule has 134 valence electrons. The summed E-state index contributed by atoms with van der Waals surface area (Å²) in [5.74, 6) is -0.548. The second-order valence-electron chi connectivity index (χ2n) is 5.90. The molecule has 1 aromatic heterocycles. The van der Waals surface area contributed by atoms with Crippen molar-refractivity contribution >= 4 is 5.97 Å². The van der Waals surface area contributed by atoms with E-state index in [1.165, 1.54) is 5.56 Å². The highest BCUT2D eigenvalue weighted by Crippen LogP contribution is 2.13. The van der Waals surface area contributed by atoms with E-state index < -0.39 is 5.97 Å². The number of phenols is 1. The van der Waals surface area contributed by atoms with Crippen LogP contribution in [0.15, 0.2) is 79.0 Å². The number of benzene rings is 2. The first-order valence-electron chi connectivity index (χ1n) is 8.57. The Morgan fingerprint density at radius 3 is 2.27 bits per heavy atom. The number of rotatable bonds is 6. The predicted octanol–water partition coefficient (Wildman–Crippen LogP) is 4.47. The number of hydrogen-bond acceptors (Lipinski definition) is 3. The normalized spacial score (nSPS) is 9.85. The molecule has 4 heteroatoms. The maximum absolute atomic E-state index is 10.2. The van der Waals surface area contributed by atoms with Crippen molar-refractivity contribution < 1.29 is 15.0 Å². The highest BCUT2D eigenvalue weighted by atomic mass is 16.4. The van der Waals surface area contributed by atoms with Crippen LogP contribution in [0.5, 0.6) is 5.75 Å². The SMILES string of the molecule is O=C(O)CCCc1cccc(O)c1.c1ccc(Cc2ccccn2)cc1. The lowest BCUT2D eigenvalue weighted by Gasteiger charge is -1.99. The highest BCUT2D eigenvalue weighted by Gasteiger charge is 1.98. The predicted molar refractivity (Wildman–Crippen MR) is 102 cm³/mol.